The first-order chi connectivity index (χ1) is 7.29. The molecule has 0 aliphatic heterocycles. The van der Waals surface area contributed by atoms with E-state index in [1.54, 1.807) is 12.3 Å². The number of anilines is 1. The van der Waals surface area contributed by atoms with Gasteiger partial charge in [-0.2, -0.15) is 0 Å². The van der Waals surface area contributed by atoms with Crippen molar-refractivity contribution < 1.29 is 4.79 Å². The summed E-state index contributed by atoms with van der Waals surface area (Å²) in [5.41, 5.74) is 8.74. The van der Waals surface area contributed by atoms with E-state index in [0.717, 1.165) is 17.4 Å². The lowest BCUT2D eigenvalue weighted by atomic mass is 10.1. The molecule has 0 radical (unpaired) electrons. The number of hydrogen-bond donors (Lipinski definition) is 1. The van der Waals surface area contributed by atoms with E-state index in [9.17, 15) is 4.79 Å². The number of carbonyl (C=O) groups is 1. The first-order valence-corrected chi connectivity index (χ1v) is 4.57. The van der Waals surface area contributed by atoms with Crippen LogP contribution < -0.4 is 5.73 Å². The van der Waals surface area contributed by atoms with Gasteiger partial charge in [0.05, 0.1) is 0 Å². The molecule has 2 rings (SSSR count). The van der Waals surface area contributed by atoms with Gasteiger partial charge in [-0.3, -0.25) is 9.78 Å². The van der Waals surface area contributed by atoms with Gasteiger partial charge in [0, 0.05) is 11.9 Å². The predicted molar refractivity (Wildman–Crippen MR) is 59.5 cm³/mol. The maximum absolute atomic E-state index is 10.6. The van der Waals surface area contributed by atoms with Gasteiger partial charge in [0.2, 0.25) is 0 Å². The Balaban J connectivity index is 2.49. The minimum absolute atomic E-state index is 0.426. The minimum atomic E-state index is 0.426. The van der Waals surface area contributed by atoms with Crippen molar-refractivity contribution in [2.75, 3.05) is 5.73 Å². The van der Waals surface area contributed by atoms with Gasteiger partial charge in [-0.05, 0) is 35.4 Å². The summed E-state index contributed by atoms with van der Waals surface area (Å²) in [5, 5.41) is 0. The summed E-state index contributed by atoms with van der Waals surface area (Å²) in [6, 6.07) is 11.1. The molecular weight excluding hydrogens is 188 g/mol. The van der Waals surface area contributed by atoms with E-state index in [1.165, 1.54) is 0 Å². The fourth-order valence-electron chi connectivity index (χ4n) is 1.41. The fourth-order valence-corrected chi connectivity index (χ4v) is 1.41. The molecule has 1 aromatic carbocycles. The Labute approximate surface area is 87.6 Å². The van der Waals surface area contributed by atoms with Crippen LogP contribution in [0.3, 0.4) is 0 Å². The zero-order valence-electron chi connectivity index (χ0n) is 8.05. The fraction of sp³-hybridized carbons (Fsp3) is 0. The molecule has 0 spiro atoms. The van der Waals surface area contributed by atoms with Crippen LogP contribution in [0.2, 0.25) is 0 Å². The second-order valence-electron chi connectivity index (χ2n) is 3.21. The van der Waals surface area contributed by atoms with Crippen LogP contribution in [0.1, 0.15) is 10.5 Å². The Morgan fingerprint density at radius 1 is 1.13 bits per heavy atom. The van der Waals surface area contributed by atoms with Crippen molar-refractivity contribution in [3.63, 3.8) is 0 Å². The van der Waals surface area contributed by atoms with E-state index in [-0.39, 0.29) is 0 Å². The number of aromatic nitrogens is 1. The highest BCUT2D eigenvalue weighted by Gasteiger charge is 1.99. The molecule has 3 heteroatoms. The minimum Gasteiger partial charge on any atom is -0.399 e. The average Bonchev–Trinajstić information content (AvgIpc) is 2.29. The van der Waals surface area contributed by atoms with Gasteiger partial charge < -0.3 is 5.73 Å². The first kappa shape index (κ1) is 9.40. The topological polar surface area (TPSA) is 56.0 Å². The molecule has 0 amide bonds. The molecule has 0 bridgehead atoms. The van der Waals surface area contributed by atoms with E-state index >= 15 is 0 Å². The first-order valence-electron chi connectivity index (χ1n) is 4.57. The maximum Gasteiger partial charge on any atom is 0.168 e. The molecule has 0 atom stereocenters. The molecule has 1 heterocycles. The van der Waals surface area contributed by atoms with Gasteiger partial charge in [0.15, 0.2) is 6.29 Å². The number of nitrogen functional groups attached to an aromatic ring is 1. The third-order valence-corrected chi connectivity index (χ3v) is 2.12. The lowest BCUT2D eigenvalue weighted by molar-refractivity contribution is 0.111. The van der Waals surface area contributed by atoms with E-state index in [2.05, 4.69) is 4.98 Å². The molecule has 0 saturated carbocycles. The summed E-state index contributed by atoms with van der Waals surface area (Å²) in [6.07, 6.45) is 2.35. The SMILES string of the molecule is Nc1cccc(-c2ccnc(C=O)c2)c1. The third kappa shape index (κ3) is 2.02. The quantitative estimate of drug-likeness (QED) is 0.594. The monoisotopic (exact) mass is 198 g/mol. The molecule has 3 nitrogen and oxygen atoms in total. The van der Waals surface area contributed by atoms with Crippen LogP contribution in [0.4, 0.5) is 5.69 Å². The number of benzene rings is 1. The average molecular weight is 198 g/mol. The summed E-state index contributed by atoms with van der Waals surface area (Å²) in [6.45, 7) is 0. The number of nitrogens with zero attached hydrogens (tertiary/aromatic N) is 1. The van der Waals surface area contributed by atoms with Crippen LogP contribution in [-0.2, 0) is 0 Å². The van der Waals surface area contributed by atoms with Crippen molar-refractivity contribution in [2.45, 2.75) is 0 Å². The van der Waals surface area contributed by atoms with Gasteiger partial charge in [0.1, 0.15) is 5.69 Å². The lowest BCUT2D eigenvalue weighted by Gasteiger charge is -2.02. The van der Waals surface area contributed by atoms with Crippen LogP contribution in [0.25, 0.3) is 11.1 Å². The van der Waals surface area contributed by atoms with E-state index in [4.69, 9.17) is 5.73 Å². The van der Waals surface area contributed by atoms with Crippen molar-refractivity contribution in [1.29, 1.82) is 0 Å². The molecule has 74 valence electrons. The van der Waals surface area contributed by atoms with Crippen LogP contribution in [0.5, 0.6) is 0 Å². The Morgan fingerprint density at radius 3 is 2.67 bits per heavy atom. The van der Waals surface area contributed by atoms with Crippen molar-refractivity contribution in [1.82, 2.24) is 4.98 Å². The highest BCUT2D eigenvalue weighted by Crippen LogP contribution is 2.20. The van der Waals surface area contributed by atoms with Crippen LogP contribution >= 0.6 is 0 Å². The molecular formula is C12H10N2O. The zero-order valence-corrected chi connectivity index (χ0v) is 8.05. The Bertz CT molecular complexity index is 494. The van der Waals surface area contributed by atoms with Gasteiger partial charge in [-0.25, -0.2) is 0 Å². The van der Waals surface area contributed by atoms with Gasteiger partial charge in [0.25, 0.3) is 0 Å². The van der Waals surface area contributed by atoms with Crippen LogP contribution in [0, 0.1) is 0 Å². The highest BCUT2D eigenvalue weighted by atomic mass is 16.1. The molecule has 0 fully saturated rings. The number of hydrogen-bond acceptors (Lipinski definition) is 3. The normalized spacial score (nSPS) is 9.87. The van der Waals surface area contributed by atoms with Gasteiger partial charge in [-0.1, -0.05) is 12.1 Å². The van der Waals surface area contributed by atoms with E-state index < -0.39 is 0 Å². The van der Waals surface area contributed by atoms with Crippen LogP contribution in [0.15, 0.2) is 42.6 Å². The molecule has 0 aliphatic carbocycles. The molecule has 0 aliphatic rings. The summed E-state index contributed by atoms with van der Waals surface area (Å²) < 4.78 is 0. The number of pyridine rings is 1. The highest BCUT2D eigenvalue weighted by molar-refractivity contribution is 5.76. The standard InChI is InChI=1S/C12H10N2O/c13-11-3-1-2-9(6-11)10-4-5-14-12(7-10)8-15/h1-8H,13H2. The number of nitrogens with two attached hydrogens (primary N) is 1. The van der Waals surface area contributed by atoms with Crippen molar-refractivity contribution in [3.05, 3.63) is 48.3 Å². The van der Waals surface area contributed by atoms with Crippen molar-refractivity contribution in [2.24, 2.45) is 0 Å². The van der Waals surface area contributed by atoms with Gasteiger partial charge >= 0.3 is 0 Å². The Kier molecular flexibility index (Phi) is 2.46. The van der Waals surface area contributed by atoms with E-state index in [1.807, 2.05) is 30.3 Å². The zero-order chi connectivity index (χ0) is 10.7. The Morgan fingerprint density at radius 2 is 1.93 bits per heavy atom. The van der Waals surface area contributed by atoms with Crippen molar-refractivity contribution in [3.8, 4) is 11.1 Å². The maximum atomic E-state index is 10.6. The predicted octanol–water partition coefficient (Wildman–Crippen LogP) is 2.14. The summed E-state index contributed by atoms with van der Waals surface area (Å²) >= 11 is 0. The smallest absolute Gasteiger partial charge is 0.168 e. The lowest BCUT2D eigenvalue weighted by Crippen LogP contribution is -1.88. The second kappa shape index (κ2) is 3.92. The number of carbonyl (C=O) groups excluding carboxylic acids is 1. The van der Waals surface area contributed by atoms with Gasteiger partial charge in [-0.15, -0.1) is 0 Å². The summed E-state index contributed by atoms with van der Waals surface area (Å²) in [4.78, 5) is 14.5. The number of aldehydes is 1. The third-order valence-electron chi connectivity index (χ3n) is 2.12. The molecule has 2 aromatic rings. The number of rotatable bonds is 2. The molecule has 0 unspecified atom stereocenters. The van der Waals surface area contributed by atoms with Crippen LogP contribution in [-0.4, -0.2) is 11.3 Å². The van der Waals surface area contributed by atoms with Crippen molar-refractivity contribution >= 4 is 12.0 Å². The van der Waals surface area contributed by atoms with E-state index in [0.29, 0.717) is 11.4 Å². The largest absolute Gasteiger partial charge is 0.399 e. The Hall–Kier alpha value is -2.16. The molecule has 1 aromatic heterocycles. The second-order valence-corrected chi connectivity index (χ2v) is 3.21. The molecule has 0 saturated heterocycles. The summed E-state index contributed by atoms with van der Waals surface area (Å²) in [7, 11) is 0. The summed E-state index contributed by atoms with van der Waals surface area (Å²) in [5.74, 6) is 0. The molecule has 2 N–H and O–H groups in total. The molecule has 15 heavy (non-hydrogen) atoms.